The molecule has 0 atom stereocenters. The van der Waals surface area contributed by atoms with Crippen molar-refractivity contribution < 1.29 is 18.3 Å². The fraction of sp³-hybridized carbons (Fsp3) is 0.214. The molecule has 0 fully saturated rings. The molecule has 0 aliphatic rings. The lowest BCUT2D eigenvalue weighted by Crippen LogP contribution is -2.30. The zero-order valence-corrected chi connectivity index (χ0v) is 11.9. The van der Waals surface area contributed by atoms with Gasteiger partial charge in [0.15, 0.2) is 11.6 Å². The Balaban J connectivity index is 2.20. The molecule has 1 aromatic carbocycles. The van der Waals surface area contributed by atoms with Crippen molar-refractivity contribution in [2.24, 2.45) is 0 Å². The number of nitrogens with one attached hydrogen (secondary N) is 2. The Hall–Kier alpha value is -2.77. The summed E-state index contributed by atoms with van der Waals surface area (Å²) in [6.07, 6.45) is 1.10. The van der Waals surface area contributed by atoms with Gasteiger partial charge in [-0.3, -0.25) is 9.59 Å². The Kier molecular flexibility index (Phi) is 4.50. The number of halogens is 2. The molecule has 6 nitrogen and oxygen atoms in total. The number of carbonyl (C=O) groups excluding carboxylic acids is 1. The summed E-state index contributed by atoms with van der Waals surface area (Å²) in [5.41, 5.74) is -1.23. The van der Waals surface area contributed by atoms with Gasteiger partial charge in [-0.1, -0.05) is 0 Å². The summed E-state index contributed by atoms with van der Waals surface area (Å²) >= 11 is 0. The molecule has 1 amide bonds. The molecule has 0 aliphatic carbocycles. The van der Waals surface area contributed by atoms with Crippen LogP contribution in [-0.2, 0) is 6.54 Å². The zero-order valence-electron chi connectivity index (χ0n) is 11.9. The van der Waals surface area contributed by atoms with Gasteiger partial charge in [0.1, 0.15) is 17.2 Å². The first-order chi connectivity index (χ1) is 10.4. The number of methoxy groups -OCH3 is 1. The normalized spacial score (nSPS) is 10.4. The minimum atomic E-state index is -0.904. The molecule has 22 heavy (non-hydrogen) atoms. The molecule has 116 valence electrons. The standard InChI is InChI=1S/C14H13F2N3O3/c1-7-17-6-9(14(21)19-7)13(20)18-5-8-10(15)3-4-11(22-2)12(8)16/h3-4,6H,5H2,1-2H3,(H,18,20)(H,17,19,21). The van der Waals surface area contributed by atoms with E-state index in [0.717, 1.165) is 18.3 Å². The molecular formula is C14H13F2N3O3. The van der Waals surface area contributed by atoms with Gasteiger partial charge < -0.3 is 15.0 Å². The highest BCUT2D eigenvalue weighted by atomic mass is 19.1. The maximum atomic E-state index is 13.9. The average molecular weight is 309 g/mol. The van der Waals surface area contributed by atoms with Gasteiger partial charge in [-0.15, -0.1) is 0 Å². The summed E-state index contributed by atoms with van der Waals surface area (Å²) < 4.78 is 32.3. The van der Waals surface area contributed by atoms with Crippen molar-refractivity contribution in [1.29, 1.82) is 0 Å². The lowest BCUT2D eigenvalue weighted by Gasteiger charge is -2.10. The quantitative estimate of drug-likeness (QED) is 0.891. The van der Waals surface area contributed by atoms with Crippen LogP contribution in [0.2, 0.25) is 0 Å². The molecule has 0 saturated heterocycles. The summed E-state index contributed by atoms with van der Waals surface area (Å²) in [5.74, 6) is -2.30. The smallest absolute Gasteiger partial charge is 0.263 e. The van der Waals surface area contributed by atoms with E-state index in [0.29, 0.717) is 5.82 Å². The third-order valence-electron chi connectivity index (χ3n) is 2.97. The van der Waals surface area contributed by atoms with E-state index in [1.807, 2.05) is 0 Å². The van der Waals surface area contributed by atoms with Crippen molar-refractivity contribution in [3.05, 3.63) is 57.3 Å². The van der Waals surface area contributed by atoms with Gasteiger partial charge in [0.05, 0.1) is 7.11 Å². The van der Waals surface area contributed by atoms with E-state index < -0.39 is 29.6 Å². The molecule has 8 heteroatoms. The minimum Gasteiger partial charge on any atom is -0.494 e. The van der Waals surface area contributed by atoms with Crippen LogP contribution in [0, 0.1) is 18.6 Å². The van der Waals surface area contributed by atoms with Crippen molar-refractivity contribution in [3.63, 3.8) is 0 Å². The van der Waals surface area contributed by atoms with E-state index >= 15 is 0 Å². The Morgan fingerprint density at radius 3 is 2.77 bits per heavy atom. The first-order valence-corrected chi connectivity index (χ1v) is 6.29. The van der Waals surface area contributed by atoms with Crippen molar-refractivity contribution >= 4 is 5.91 Å². The Morgan fingerprint density at radius 1 is 1.41 bits per heavy atom. The maximum absolute atomic E-state index is 13.9. The van der Waals surface area contributed by atoms with E-state index in [-0.39, 0.29) is 16.9 Å². The van der Waals surface area contributed by atoms with E-state index in [4.69, 9.17) is 4.74 Å². The third-order valence-corrected chi connectivity index (χ3v) is 2.97. The number of aromatic nitrogens is 2. The van der Waals surface area contributed by atoms with Crippen LogP contribution in [0.1, 0.15) is 21.7 Å². The van der Waals surface area contributed by atoms with Gasteiger partial charge in [0.25, 0.3) is 11.5 Å². The molecule has 0 aliphatic heterocycles. The number of aryl methyl sites for hydroxylation is 1. The molecule has 0 spiro atoms. The van der Waals surface area contributed by atoms with Crippen LogP contribution in [0.25, 0.3) is 0 Å². The number of aromatic amines is 1. The molecule has 2 rings (SSSR count). The number of nitrogens with zero attached hydrogens (tertiary/aromatic N) is 1. The van der Waals surface area contributed by atoms with Crippen molar-refractivity contribution in [1.82, 2.24) is 15.3 Å². The molecule has 0 radical (unpaired) electrons. The summed E-state index contributed by atoms with van der Waals surface area (Å²) in [6, 6.07) is 2.17. The fourth-order valence-corrected chi connectivity index (χ4v) is 1.81. The van der Waals surface area contributed by atoms with Crippen LogP contribution in [0.5, 0.6) is 5.75 Å². The van der Waals surface area contributed by atoms with E-state index in [2.05, 4.69) is 15.3 Å². The molecular weight excluding hydrogens is 296 g/mol. The van der Waals surface area contributed by atoms with Gasteiger partial charge in [0, 0.05) is 18.3 Å². The van der Waals surface area contributed by atoms with Crippen LogP contribution >= 0.6 is 0 Å². The molecule has 0 unspecified atom stereocenters. The number of hydrogen-bond acceptors (Lipinski definition) is 4. The van der Waals surface area contributed by atoms with Crippen LogP contribution < -0.4 is 15.6 Å². The molecule has 2 N–H and O–H groups in total. The molecule has 1 heterocycles. The average Bonchev–Trinajstić information content (AvgIpc) is 2.47. The van der Waals surface area contributed by atoms with E-state index in [9.17, 15) is 18.4 Å². The number of amides is 1. The number of benzene rings is 1. The molecule has 1 aromatic heterocycles. The molecule has 0 saturated carbocycles. The van der Waals surface area contributed by atoms with Gasteiger partial charge in [-0.05, 0) is 19.1 Å². The number of rotatable bonds is 4. The first-order valence-electron chi connectivity index (χ1n) is 6.29. The van der Waals surface area contributed by atoms with Crippen molar-refractivity contribution in [2.45, 2.75) is 13.5 Å². The van der Waals surface area contributed by atoms with E-state index in [1.54, 1.807) is 6.92 Å². The zero-order chi connectivity index (χ0) is 16.3. The Bertz CT molecular complexity index is 774. The number of H-pyrrole nitrogens is 1. The third kappa shape index (κ3) is 3.11. The number of carbonyl (C=O) groups is 1. The van der Waals surface area contributed by atoms with E-state index in [1.165, 1.54) is 7.11 Å². The summed E-state index contributed by atoms with van der Waals surface area (Å²) in [6.45, 7) is 1.13. The van der Waals surface area contributed by atoms with Gasteiger partial charge in [-0.2, -0.15) is 0 Å². The van der Waals surface area contributed by atoms with Crippen LogP contribution in [0.15, 0.2) is 23.1 Å². The molecule has 2 aromatic rings. The maximum Gasteiger partial charge on any atom is 0.263 e. The van der Waals surface area contributed by atoms with Crippen LogP contribution in [-0.4, -0.2) is 23.0 Å². The topological polar surface area (TPSA) is 84.1 Å². The van der Waals surface area contributed by atoms with Gasteiger partial charge in [-0.25, -0.2) is 13.8 Å². The number of ether oxygens (including phenoxy) is 1. The predicted octanol–water partition coefficient (Wildman–Crippen LogP) is 1.30. The van der Waals surface area contributed by atoms with Gasteiger partial charge in [0.2, 0.25) is 0 Å². The second-order valence-electron chi connectivity index (χ2n) is 4.44. The largest absolute Gasteiger partial charge is 0.494 e. The monoisotopic (exact) mass is 309 g/mol. The summed E-state index contributed by atoms with van der Waals surface area (Å²) in [5, 5.41) is 2.27. The SMILES string of the molecule is COc1ccc(F)c(CNC(=O)c2cnc(C)[nH]c2=O)c1F. The fourth-order valence-electron chi connectivity index (χ4n) is 1.81. The second kappa shape index (κ2) is 6.33. The highest BCUT2D eigenvalue weighted by Gasteiger charge is 2.17. The second-order valence-corrected chi connectivity index (χ2v) is 4.44. The lowest BCUT2D eigenvalue weighted by molar-refractivity contribution is 0.0948. The number of hydrogen-bond donors (Lipinski definition) is 2. The predicted molar refractivity (Wildman–Crippen MR) is 73.7 cm³/mol. The van der Waals surface area contributed by atoms with Crippen LogP contribution in [0.4, 0.5) is 8.78 Å². The minimum absolute atomic E-state index is 0.138. The van der Waals surface area contributed by atoms with Gasteiger partial charge >= 0.3 is 0 Å². The van der Waals surface area contributed by atoms with Crippen LogP contribution in [0.3, 0.4) is 0 Å². The lowest BCUT2D eigenvalue weighted by atomic mass is 10.1. The first kappa shape index (κ1) is 15.6. The summed E-state index contributed by atoms with van der Waals surface area (Å²) in [7, 11) is 1.25. The highest BCUT2D eigenvalue weighted by Crippen LogP contribution is 2.22. The Labute approximate surface area is 124 Å². The van der Waals surface area contributed by atoms with Crippen molar-refractivity contribution in [2.75, 3.05) is 7.11 Å². The molecule has 0 bridgehead atoms. The highest BCUT2D eigenvalue weighted by molar-refractivity contribution is 5.93. The van der Waals surface area contributed by atoms with Crippen molar-refractivity contribution in [3.8, 4) is 5.75 Å². The summed E-state index contributed by atoms with van der Waals surface area (Å²) in [4.78, 5) is 29.6. The Morgan fingerprint density at radius 2 is 2.14 bits per heavy atom.